The average molecular weight is 365 g/mol. The first kappa shape index (κ1) is 24.7. The Morgan fingerprint density at radius 3 is 2.00 bits per heavy atom. The molecule has 0 spiro atoms. The Morgan fingerprint density at radius 2 is 1.38 bits per heavy atom. The van der Waals surface area contributed by atoms with Gasteiger partial charge < -0.3 is 9.84 Å². The Labute approximate surface area is 161 Å². The molecule has 3 heteroatoms. The fourth-order valence-corrected chi connectivity index (χ4v) is 2.47. The topological polar surface area (TPSA) is 46.5 Å². The second kappa shape index (κ2) is 21.7. The molecule has 0 atom stereocenters. The van der Waals surface area contributed by atoms with Gasteiger partial charge in [0.1, 0.15) is 0 Å². The van der Waals surface area contributed by atoms with Gasteiger partial charge in [-0.2, -0.15) is 0 Å². The van der Waals surface area contributed by atoms with Crippen molar-refractivity contribution in [3.8, 4) is 0 Å². The summed E-state index contributed by atoms with van der Waals surface area (Å²) in [5, 5.41) is 8.66. The van der Waals surface area contributed by atoms with Gasteiger partial charge in [0.25, 0.3) is 0 Å². The summed E-state index contributed by atoms with van der Waals surface area (Å²) in [4.78, 5) is 11.5. The Balaban J connectivity index is 3.37. The van der Waals surface area contributed by atoms with Crippen LogP contribution in [0.1, 0.15) is 90.4 Å². The van der Waals surface area contributed by atoms with Crippen LogP contribution in [0.2, 0.25) is 0 Å². The van der Waals surface area contributed by atoms with Crippen molar-refractivity contribution < 1.29 is 14.6 Å². The highest BCUT2D eigenvalue weighted by Gasteiger charge is 2.01. The summed E-state index contributed by atoms with van der Waals surface area (Å²) in [6.07, 6.45) is 26.5. The molecule has 0 radical (unpaired) electrons. The van der Waals surface area contributed by atoms with E-state index in [9.17, 15) is 4.79 Å². The van der Waals surface area contributed by atoms with Crippen molar-refractivity contribution >= 4 is 5.97 Å². The van der Waals surface area contributed by atoms with Crippen molar-refractivity contribution in [2.75, 3.05) is 13.2 Å². The number of carbonyl (C=O) groups is 1. The highest BCUT2D eigenvalue weighted by atomic mass is 16.5. The Hall–Kier alpha value is -1.35. The van der Waals surface area contributed by atoms with Gasteiger partial charge in [0.05, 0.1) is 6.61 Å². The lowest BCUT2D eigenvalue weighted by molar-refractivity contribution is -0.143. The molecule has 26 heavy (non-hydrogen) atoms. The monoisotopic (exact) mass is 364 g/mol. The minimum Gasteiger partial charge on any atom is -0.466 e. The van der Waals surface area contributed by atoms with Gasteiger partial charge in [-0.3, -0.25) is 4.79 Å². The quantitative estimate of drug-likeness (QED) is 0.177. The summed E-state index contributed by atoms with van der Waals surface area (Å²) in [5.41, 5.74) is 0. The molecule has 0 saturated carbocycles. The summed E-state index contributed by atoms with van der Waals surface area (Å²) in [6, 6.07) is 0. The number of esters is 1. The largest absolute Gasteiger partial charge is 0.466 e. The SMILES string of the molecule is CCCCCC=CCC=CCC=CCCCCC(=O)OCCCCCO. The maximum atomic E-state index is 11.5. The zero-order chi connectivity index (χ0) is 19.1. The lowest BCUT2D eigenvalue weighted by Gasteiger charge is -2.03. The van der Waals surface area contributed by atoms with E-state index in [1.54, 1.807) is 0 Å². The molecule has 0 bridgehead atoms. The number of ether oxygens (including phenoxy) is 1. The lowest BCUT2D eigenvalue weighted by atomic mass is 10.1. The van der Waals surface area contributed by atoms with Crippen molar-refractivity contribution in [3.63, 3.8) is 0 Å². The molecule has 0 aromatic heterocycles. The van der Waals surface area contributed by atoms with Gasteiger partial charge in [0.2, 0.25) is 0 Å². The molecule has 0 aliphatic rings. The minimum absolute atomic E-state index is 0.0938. The van der Waals surface area contributed by atoms with Gasteiger partial charge in [-0.25, -0.2) is 0 Å². The Bertz CT molecular complexity index is 383. The molecular weight excluding hydrogens is 324 g/mol. The normalized spacial score (nSPS) is 11.9. The summed E-state index contributed by atoms with van der Waals surface area (Å²) in [7, 11) is 0. The summed E-state index contributed by atoms with van der Waals surface area (Å²) < 4.78 is 5.15. The predicted molar refractivity (Wildman–Crippen MR) is 111 cm³/mol. The van der Waals surface area contributed by atoms with Gasteiger partial charge in [-0.1, -0.05) is 56.2 Å². The van der Waals surface area contributed by atoms with E-state index in [0.717, 1.165) is 51.4 Å². The first-order valence-corrected chi connectivity index (χ1v) is 10.5. The first-order valence-electron chi connectivity index (χ1n) is 10.5. The summed E-state index contributed by atoms with van der Waals surface area (Å²) >= 11 is 0. The second-order valence-electron chi connectivity index (χ2n) is 6.63. The van der Waals surface area contributed by atoms with Gasteiger partial charge in [0, 0.05) is 13.0 Å². The third kappa shape index (κ3) is 20.7. The van der Waals surface area contributed by atoms with Crippen LogP contribution < -0.4 is 0 Å². The van der Waals surface area contributed by atoms with E-state index < -0.39 is 0 Å². The zero-order valence-electron chi connectivity index (χ0n) is 16.8. The van der Waals surface area contributed by atoms with Gasteiger partial charge >= 0.3 is 5.97 Å². The van der Waals surface area contributed by atoms with E-state index >= 15 is 0 Å². The fourth-order valence-electron chi connectivity index (χ4n) is 2.47. The maximum absolute atomic E-state index is 11.5. The van der Waals surface area contributed by atoms with Crippen molar-refractivity contribution in [1.29, 1.82) is 0 Å². The molecule has 0 saturated heterocycles. The Morgan fingerprint density at radius 1 is 0.769 bits per heavy atom. The average Bonchev–Trinajstić information content (AvgIpc) is 2.64. The number of hydrogen-bond donors (Lipinski definition) is 1. The van der Waals surface area contributed by atoms with E-state index in [-0.39, 0.29) is 12.6 Å². The molecule has 0 aliphatic carbocycles. The Kier molecular flexibility index (Phi) is 20.6. The maximum Gasteiger partial charge on any atom is 0.305 e. The third-order valence-electron chi connectivity index (χ3n) is 4.09. The molecule has 1 N–H and O–H groups in total. The van der Waals surface area contributed by atoms with Crippen LogP contribution >= 0.6 is 0 Å². The highest BCUT2D eigenvalue weighted by Crippen LogP contribution is 2.04. The molecule has 0 amide bonds. The molecule has 3 nitrogen and oxygen atoms in total. The smallest absolute Gasteiger partial charge is 0.305 e. The lowest BCUT2D eigenvalue weighted by Crippen LogP contribution is -2.05. The molecule has 150 valence electrons. The summed E-state index contributed by atoms with van der Waals surface area (Å²) in [5.74, 6) is -0.0938. The van der Waals surface area contributed by atoms with Crippen LogP contribution in [0.15, 0.2) is 36.5 Å². The summed E-state index contributed by atoms with van der Waals surface area (Å²) in [6.45, 7) is 2.93. The number of carbonyl (C=O) groups excluding carboxylic acids is 1. The van der Waals surface area contributed by atoms with Crippen molar-refractivity contribution in [3.05, 3.63) is 36.5 Å². The predicted octanol–water partition coefficient (Wildman–Crippen LogP) is 6.28. The van der Waals surface area contributed by atoms with Gasteiger partial charge in [-0.15, -0.1) is 0 Å². The van der Waals surface area contributed by atoms with Crippen LogP contribution in [0.5, 0.6) is 0 Å². The van der Waals surface area contributed by atoms with Crippen LogP contribution in [0, 0.1) is 0 Å². The van der Waals surface area contributed by atoms with Crippen LogP contribution in [-0.2, 0) is 9.53 Å². The van der Waals surface area contributed by atoms with E-state index in [2.05, 4.69) is 43.4 Å². The van der Waals surface area contributed by atoms with Crippen LogP contribution in [0.4, 0.5) is 0 Å². The number of aliphatic hydroxyl groups is 1. The van der Waals surface area contributed by atoms with Gasteiger partial charge in [0.15, 0.2) is 0 Å². The molecule has 0 aromatic rings. The molecular formula is C23H40O3. The number of aliphatic hydroxyl groups excluding tert-OH is 1. The number of rotatable bonds is 18. The van der Waals surface area contributed by atoms with E-state index in [1.165, 1.54) is 25.7 Å². The van der Waals surface area contributed by atoms with E-state index in [0.29, 0.717) is 13.0 Å². The fraction of sp³-hybridized carbons (Fsp3) is 0.696. The number of hydrogen-bond acceptors (Lipinski definition) is 3. The molecule has 0 rings (SSSR count). The molecule has 0 fully saturated rings. The first-order chi connectivity index (χ1) is 12.8. The molecule has 0 aromatic carbocycles. The zero-order valence-corrected chi connectivity index (χ0v) is 16.8. The van der Waals surface area contributed by atoms with Crippen LogP contribution in [0.3, 0.4) is 0 Å². The van der Waals surface area contributed by atoms with E-state index in [4.69, 9.17) is 9.84 Å². The van der Waals surface area contributed by atoms with Crippen LogP contribution in [0.25, 0.3) is 0 Å². The molecule has 0 heterocycles. The number of allylic oxidation sites excluding steroid dienone is 6. The van der Waals surface area contributed by atoms with Gasteiger partial charge in [-0.05, 0) is 64.2 Å². The van der Waals surface area contributed by atoms with Crippen molar-refractivity contribution in [1.82, 2.24) is 0 Å². The van der Waals surface area contributed by atoms with Crippen LogP contribution in [-0.4, -0.2) is 24.3 Å². The number of unbranched alkanes of at least 4 members (excludes halogenated alkanes) is 7. The van der Waals surface area contributed by atoms with Crippen molar-refractivity contribution in [2.45, 2.75) is 90.4 Å². The third-order valence-corrected chi connectivity index (χ3v) is 4.09. The standard InChI is InChI=1S/C23H40O3/c1-2-3-4-5-6-7-8-9-10-11-12-13-14-15-17-20-23(25)26-22-19-16-18-21-24/h6-7,9-10,12-13,24H,2-5,8,11,14-22H2,1H3. The highest BCUT2D eigenvalue weighted by molar-refractivity contribution is 5.69. The van der Waals surface area contributed by atoms with Crippen molar-refractivity contribution in [2.24, 2.45) is 0 Å². The molecule has 0 aliphatic heterocycles. The minimum atomic E-state index is -0.0938. The van der Waals surface area contributed by atoms with E-state index in [1.807, 2.05) is 0 Å². The second-order valence-corrected chi connectivity index (χ2v) is 6.63. The molecule has 0 unspecified atom stereocenters.